The van der Waals surface area contributed by atoms with Crippen molar-refractivity contribution in [2.75, 3.05) is 13.1 Å². The van der Waals surface area contributed by atoms with Gasteiger partial charge in [0.1, 0.15) is 11.4 Å². The van der Waals surface area contributed by atoms with Crippen LogP contribution >= 0.6 is 0 Å². The maximum atomic E-state index is 5.36. The zero-order valence-electron chi connectivity index (χ0n) is 8.36. The van der Waals surface area contributed by atoms with Crippen molar-refractivity contribution in [1.82, 2.24) is 5.32 Å². The molecular weight excluding hydrogens is 188 g/mol. The monoisotopic (exact) mass is 200 g/mol. The number of nitrogens with one attached hydrogen (secondary N) is 1. The van der Waals surface area contributed by atoms with Gasteiger partial charge in [-0.15, -0.1) is 0 Å². The smallest absolute Gasteiger partial charge is 0.134 e. The normalized spacial score (nSPS) is 15.3. The zero-order valence-corrected chi connectivity index (χ0v) is 8.36. The summed E-state index contributed by atoms with van der Waals surface area (Å²) in [5.41, 5.74) is 2.22. The van der Waals surface area contributed by atoms with Gasteiger partial charge in [0.25, 0.3) is 0 Å². The van der Waals surface area contributed by atoms with E-state index in [1.807, 2.05) is 18.2 Å². The molecule has 1 aliphatic heterocycles. The first-order valence-corrected chi connectivity index (χ1v) is 5.16. The molecule has 0 aliphatic carbocycles. The number of fused-ring (bicyclic) bond motifs is 1. The Bertz CT molecular complexity index is 513. The Kier molecular flexibility index (Phi) is 1.95. The lowest BCUT2D eigenvalue weighted by molar-refractivity contribution is 0.616. The second kappa shape index (κ2) is 3.42. The highest BCUT2D eigenvalue weighted by atomic mass is 16.3. The molecule has 0 radical (unpaired) electrons. The van der Waals surface area contributed by atoms with E-state index >= 15 is 0 Å². The van der Waals surface area contributed by atoms with Gasteiger partial charge in [-0.25, -0.2) is 0 Å². The molecule has 1 aromatic heterocycles. The first-order chi connectivity index (χ1) is 7.43. The Morgan fingerprint density at radius 3 is 3.20 bits per heavy atom. The molecular formula is C12H12N2O. The predicted octanol–water partition coefficient (Wildman–Crippen LogP) is 1.98. The van der Waals surface area contributed by atoms with Crippen molar-refractivity contribution in [1.29, 1.82) is 0 Å². The zero-order chi connectivity index (χ0) is 10.1. The molecule has 0 saturated carbocycles. The number of rotatable bonds is 2. The van der Waals surface area contributed by atoms with Crippen molar-refractivity contribution < 1.29 is 4.42 Å². The minimum atomic E-state index is 0.872. The molecule has 0 amide bonds. The molecule has 0 bridgehead atoms. The van der Waals surface area contributed by atoms with E-state index in [1.54, 1.807) is 6.26 Å². The molecule has 0 spiro atoms. The number of furan rings is 1. The fourth-order valence-electron chi connectivity index (χ4n) is 1.96. The first-order valence-electron chi connectivity index (χ1n) is 5.16. The van der Waals surface area contributed by atoms with E-state index < -0.39 is 0 Å². The number of nitrogens with zero attached hydrogens (tertiary/aromatic N) is 1. The van der Waals surface area contributed by atoms with Gasteiger partial charge in [0.2, 0.25) is 0 Å². The highest BCUT2D eigenvalue weighted by Gasteiger charge is 2.09. The predicted molar refractivity (Wildman–Crippen MR) is 60.2 cm³/mol. The third-order valence-corrected chi connectivity index (χ3v) is 2.69. The van der Waals surface area contributed by atoms with Gasteiger partial charge < -0.3 is 9.73 Å². The van der Waals surface area contributed by atoms with Crippen LogP contribution in [0, 0.1) is 0 Å². The van der Waals surface area contributed by atoms with Gasteiger partial charge in [-0.3, -0.25) is 4.99 Å². The van der Waals surface area contributed by atoms with E-state index in [2.05, 4.69) is 16.4 Å². The Morgan fingerprint density at radius 2 is 2.33 bits per heavy atom. The van der Waals surface area contributed by atoms with Crippen LogP contribution in [0.3, 0.4) is 0 Å². The number of aliphatic imine (C=N–C) groups is 1. The molecule has 1 aliphatic rings. The van der Waals surface area contributed by atoms with Crippen LogP contribution in [-0.2, 0) is 6.42 Å². The van der Waals surface area contributed by atoms with E-state index in [0.717, 1.165) is 30.9 Å². The van der Waals surface area contributed by atoms with Crippen molar-refractivity contribution in [2.24, 2.45) is 4.99 Å². The summed E-state index contributed by atoms with van der Waals surface area (Å²) in [5.74, 6) is 1.09. The molecule has 2 heterocycles. The molecule has 0 atom stereocenters. The van der Waals surface area contributed by atoms with Crippen molar-refractivity contribution in [2.45, 2.75) is 6.42 Å². The molecule has 3 heteroatoms. The summed E-state index contributed by atoms with van der Waals surface area (Å²) in [6.07, 6.45) is 2.61. The number of amidine groups is 1. The standard InChI is InChI=1S/C12H12N2O/c1-2-9(8-12-13-5-6-14-12)10-4-7-15-11(10)3-1/h1-4,7H,5-6,8H2,(H,13,14). The fraction of sp³-hybridized carbons (Fsp3) is 0.250. The second-order valence-corrected chi connectivity index (χ2v) is 3.68. The molecule has 0 unspecified atom stereocenters. The van der Waals surface area contributed by atoms with Crippen molar-refractivity contribution in [3.8, 4) is 0 Å². The Balaban J connectivity index is 1.99. The van der Waals surface area contributed by atoms with Gasteiger partial charge in [-0.1, -0.05) is 12.1 Å². The summed E-state index contributed by atoms with van der Waals surface area (Å²) in [6, 6.07) is 8.15. The maximum Gasteiger partial charge on any atom is 0.134 e. The highest BCUT2D eigenvalue weighted by molar-refractivity contribution is 5.91. The third-order valence-electron chi connectivity index (χ3n) is 2.69. The van der Waals surface area contributed by atoms with Crippen LogP contribution in [0.5, 0.6) is 0 Å². The average Bonchev–Trinajstić information content (AvgIpc) is 2.87. The SMILES string of the molecule is c1cc(CC2=NCCN2)c2ccoc2c1. The topological polar surface area (TPSA) is 37.5 Å². The van der Waals surface area contributed by atoms with Crippen LogP contribution < -0.4 is 5.32 Å². The third kappa shape index (κ3) is 1.50. The van der Waals surface area contributed by atoms with E-state index in [4.69, 9.17) is 4.42 Å². The Morgan fingerprint density at radius 1 is 1.33 bits per heavy atom. The van der Waals surface area contributed by atoms with E-state index in [0.29, 0.717) is 0 Å². The minimum Gasteiger partial charge on any atom is -0.464 e. The fourth-order valence-corrected chi connectivity index (χ4v) is 1.96. The molecule has 0 saturated heterocycles. The second-order valence-electron chi connectivity index (χ2n) is 3.68. The molecule has 1 N–H and O–H groups in total. The minimum absolute atomic E-state index is 0.872. The molecule has 15 heavy (non-hydrogen) atoms. The first kappa shape index (κ1) is 8.53. The number of benzene rings is 1. The summed E-state index contributed by atoms with van der Waals surface area (Å²) in [5, 5.41) is 4.47. The van der Waals surface area contributed by atoms with Crippen LogP contribution in [-0.4, -0.2) is 18.9 Å². The van der Waals surface area contributed by atoms with Gasteiger partial charge >= 0.3 is 0 Å². The van der Waals surface area contributed by atoms with Crippen molar-refractivity contribution in [3.63, 3.8) is 0 Å². The molecule has 76 valence electrons. The lowest BCUT2D eigenvalue weighted by Crippen LogP contribution is -2.20. The summed E-state index contributed by atoms with van der Waals surface area (Å²) in [6.45, 7) is 1.87. The molecule has 2 aromatic rings. The van der Waals surface area contributed by atoms with E-state index in [9.17, 15) is 0 Å². The maximum absolute atomic E-state index is 5.36. The molecule has 3 nitrogen and oxygen atoms in total. The van der Waals surface area contributed by atoms with Crippen LogP contribution in [0.25, 0.3) is 11.0 Å². The summed E-state index contributed by atoms with van der Waals surface area (Å²) >= 11 is 0. The number of hydrogen-bond acceptors (Lipinski definition) is 3. The quantitative estimate of drug-likeness (QED) is 0.804. The van der Waals surface area contributed by atoms with Gasteiger partial charge in [-0.05, 0) is 17.7 Å². The lowest BCUT2D eigenvalue weighted by atomic mass is 10.1. The lowest BCUT2D eigenvalue weighted by Gasteiger charge is -2.03. The van der Waals surface area contributed by atoms with Crippen LogP contribution in [0.4, 0.5) is 0 Å². The Hall–Kier alpha value is -1.77. The molecule has 3 rings (SSSR count). The van der Waals surface area contributed by atoms with Crippen molar-refractivity contribution >= 4 is 16.8 Å². The van der Waals surface area contributed by atoms with E-state index in [-0.39, 0.29) is 0 Å². The summed E-state index contributed by atoms with van der Waals surface area (Å²) in [7, 11) is 0. The summed E-state index contributed by atoms with van der Waals surface area (Å²) in [4.78, 5) is 4.40. The Labute approximate surface area is 87.8 Å². The van der Waals surface area contributed by atoms with Crippen LogP contribution in [0.1, 0.15) is 5.56 Å². The molecule has 1 aromatic carbocycles. The summed E-state index contributed by atoms with van der Waals surface area (Å²) < 4.78 is 5.36. The van der Waals surface area contributed by atoms with Crippen molar-refractivity contribution in [3.05, 3.63) is 36.1 Å². The highest BCUT2D eigenvalue weighted by Crippen LogP contribution is 2.20. The van der Waals surface area contributed by atoms with Gasteiger partial charge in [0, 0.05) is 18.4 Å². The average molecular weight is 200 g/mol. The largest absolute Gasteiger partial charge is 0.464 e. The van der Waals surface area contributed by atoms with Gasteiger partial charge in [0.05, 0.1) is 12.8 Å². The van der Waals surface area contributed by atoms with Crippen LogP contribution in [0.2, 0.25) is 0 Å². The molecule has 0 fully saturated rings. The van der Waals surface area contributed by atoms with Gasteiger partial charge in [-0.2, -0.15) is 0 Å². The van der Waals surface area contributed by atoms with Crippen LogP contribution in [0.15, 0.2) is 39.9 Å². The van der Waals surface area contributed by atoms with E-state index in [1.165, 1.54) is 10.9 Å². The van der Waals surface area contributed by atoms with Gasteiger partial charge in [0.15, 0.2) is 0 Å². The number of hydrogen-bond donors (Lipinski definition) is 1.